The zero-order chi connectivity index (χ0) is 17.7. The van der Waals surface area contributed by atoms with Gasteiger partial charge in [-0.3, -0.25) is 0 Å². The zero-order valence-corrected chi connectivity index (χ0v) is 15.8. The van der Waals surface area contributed by atoms with Gasteiger partial charge in [0.25, 0.3) is 0 Å². The molecule has 0 radical (unpaired) electrons. The fraction of sp³-hybridized carbons (Fsp3) is 0.400. The zero-order valence-electron chi connectivity index (χ0n) is 15.0. The van der Waals surface area contributed by atoms with E-state index in [1.54, 1.807) is 12.1 Å². The average Bonchev–Trinajstić information content (AvgIpc) is 2.55. The lowest BCUT2D eigenvalue weighted by molar-refractivity contribution is 0.566. The molecule has 0 aromatic heterocycles. The Morgan fingerprint density at radius 3 is 2.33 bits per heavy atom. The number of sulfonamides is 1. The Balaban J connectivity index is 2.16. The van der Waals surface area contributed by atoms with Crippen molar-refractivity contribution >= 4 is 10.0 Å². The summed E-state index contributed by atoms with van der Waals surface area (Å²) in [7, 11) is -3.52. The van der Waals surface area contributed by atoms with Gasteiger partial charge in [0.15, 0.2) is 0 Å². The van der Waals surface area contributed by atoms with Crippen LogP contribution in [0.1, 0.15) is 55.0 Å². The Kier molecular flexibility index (Phi) is 6.19. The first-order valence-corrected chi connectivity index (χ1v) is 10.00. The van der Waals surface area contributed by atoms with Crippen molar-refractivity contribution in [3.05, 3.63) is 64.7 Å². The maximum absolute atomic E-state index is 12.6. The molecular weight excluding hydrogens is 318 g/mol. The molecule has 2 rings (SSSR count). The summed E-state index contributed by atoms with van der Waals surface area (Å²) >= 11 is 0. The summed E-state index contributed by atoms with van der Waals surface area (Å²) < 4.78 is 28.0. The van der Waals surface area contributed by atoms with Gasteiger partial charge in [-0.2, -0.15) is 0 Å². The van der Waals surface area contributed by atoms with Gasteiger partial charge >= 0.3 is 0 Å². The largest absolute Gasteiger partial charge is 0.241 e. The van der Waals surface area contributed by atoms with E-state index in [1.165, 1.54) is 5.56 Å². The fourth-order valence-electron chi connectivity index (χ4n) is 2.81. The molecule has 0 fully saturated rings. The number of nitrogens with one attached hydrogen (secondary N) is 1. The lowest BCUT2D eigenvalue weighted by Crippen LogP contribution is -2.27. The molecule has 0 heterocycles. The summed E-state index contributed by atoms with van der Waals surface area (Å²) in [4.78, 5) is 0.319. The molecule has 1 atom stereocenters. The molecule has 3 nitrogen and oxygen atoms in total. The molecule has 1 N–H and O–H groups in total. The van der Waals surface area contributed by atoms with Crippen LogP contribution >= 0.6 is 0 Å². The van der Waals surface area contributed by atoms with Crippen LogP contribution in [0.25, 0.3) is 0 Å². The normalized spacial score (nSPS) is 13.0. The number of benzene rings is 2. The molecular formula is C20H27NO2S. The average molecular weight is 346 g/mol. The molecule has 1 unspecified atom stereocenters. The Morgan fingerprint density at radius 1 is 1.04 bits per heavy atom. The molecule has 0 spiro atoms. The SMILES string of the molecule is CCCCc1ccc(S(=O)(=O)NC(C)c2cc(C)ccc2C)cc1. The van der Waals surface area contributed by atoms with E-state index < -0.39 is 10.0 Å². The third-order valence-electron chi connectivity index (χ3n) is 4.29. The van der Waals surface area contributed by atoms with Crippen LogP contribution in [-0.4, -0.2) is 8.42 Å². The smallest absolute Gasteiger partial charge is 0.207 e. The van der Waals surface area contributed by atoms with Crippen molar-refractivity contribution in [2.75, 3.05) is 0 Å². The second kappa shape index (κ2) is 7.95. The lowest BCUT2D eigenvalue weighted by Gasteiger charge is -2.17. The molecule has 24 heavy (non-hydrogen) atoms. The second-order valence-electron chi connectivity index (χ2n) is 6.45. The van der Waals surface area contributed by atoms with E-state index in [2.05, 4.69) is 11.6 Å². The maximum atomic E-state index is 12.6. The van der Waals surface area contributed by atoms with Gasteiger partial charge in [-0.1, -0.05) is 49.2 Å². The predicted molar refractivity (Wildman–Crippen MR) is 99.7 cm³/mol. The van der Waals surface area contributed by atoms with Crippen molar-refractivity contribution < 1.29 is 8.42 Å². The standard InChI is InChI=1S/C20H27NO2S/c1-5-6-7-18-10-12-19(13-11-18)24(22,23)21-17(4)20-14-15(2)8-9-16(20)3/h8-14,17,21H,5-7H2,1-4H3. The van der Waals surface area contributed by atoms with Gasteiger partial charge < -0.3 is 0 Å². The molecule has 2 aromatic carbocycles. The molecule has 4 heteroatoms. The number of hydrogen-bond donors (Lipinski definition) is 1. The van der Waals surface area contributed by atoms with Crippen LogP contribution in [0, 0.1) is 13.8 Å². The van der Waals surface area contributed by atoms with Crippen LogP contribution in [-0.2, 0) is 16.4 Å². The molecule has 2 aromatic rings. The van der Waals surface area contributed by atoms with Gasteiger partial charge in [0.05, 0.1) is 4.90 Å². The monoisotopic (exact) mass is 345 g/mol. The van der Waals surface area contributed by atoms with Crippen LogP contribution in [0.3, 0.4) is 0 Å². The minimum absolute atomic E-state index is 0.269. The molecule has 0 saturated carbocycles. The summed E-state index contributed by atoms with van der Waals surface area (Å²) in [6.45, 7) is 8.05. The van der Waals surface area contributed by atoms with Crippen LogP contribution in [0.4, 0.5) is 0 Å². The van der Waals surface area contributed by atoms with Gasteiger partial charge in [0.2, 0.25) is 10.0 Å². The molecule has 0 amide bonds. The Hall–Kier alpha value is -1.65. The van der Waals surface area contributed by atoms with E-state index in [1.807, 2.05) is 51.1 Å². The Morgan fingerprint density at radius 2 is 1.71 bits per heavy atom. The quantitative estimate of drug-likeness (QED) is 0.791. The van der Waals surface area contributed by atoms with Crippen molar-refractivity contribution in [2.24, 2.45) is 0 Å². The minimum atomic E-state index is -3.52. The van der Waals surface area contributed by atoms with Crippen LogP contribution in [0.15, 0.2) is 47.4 Å². The van der Waals surface area contributed by atoms with Crippen LogP contribution in [0.2, 0.25) is 0 Å². The Bertz CT molecular complexity index is 780. The summed E-state index contributed by atoms with van der Waals surface area (Å²) in [5.74, 6) is 0. The highest BCUT2D eigenvalue weighted by molar-refractivity contribution is 7.89. The first kappa shape index (κ1) is 18.7. The summed E-state index contributed by atoms with van der Waals surface area (Å²) in [6.07, 6.45) is 3.24. The van der Waals surface area contributed by atoms with E-state index in [-0.39, 0.29) is 6.04 Å². The van der Waals surface area contributed by atoms with Gasteiger partial charge in [0, 0.05) is 6.04 Å². The van der Waals surface area contributed by atoms with Gasteiger partial charge in [0.1, 0.15) is 0 Å². The van der Waals surface area contributed by atoms with Gasteiger partial charge in [-0.15, -0.1) is 0 Å². The van der Waals surface area contributed by atoms with Crippen molar-refractivity contribution in [1.29, 1.82) is 0 Å². The highest BCUT2D eigenvalue weighted by atomic mass is 32.2. The van der Waals surface area contributed by atoms with E-state index in [9.17, 15) is 8.42 Å². The summed E-state index contributed by atoms with van der Waals surface area (Å²) in [6, 6.07) is 13.0. The fourth-order valence-corrected chi connectivity index (χ4v) is 4.03. The molecule has 0 aliphatic carbocycles. The van der Waals surface area contributed by atoms with Crippen molar-refractivity contribution in [2.45, 2.75) is 57.9 Å². The predicted octanol–water partition coefficient (Wildman–Crippen LogP) is 4.69. The lowest BCUT2D eigenvalue weighted by atomic mass is 10.0. The highest BCUT2D eigenvalue weighted by Gasteiger charge is 2.19. The molecule has 0 aliphatic heterocycles. The first-order chi connectivity index (χ1) is 11.3. The summed E-state index contributed by atoms with van der Waals surface area (Å²) in [5.41, 5.74) is 4.41. The highest BCUT2D eigenvalue weighted by Crippen LogP contribution is 2.21. The Labute approximate surface area is 146 Å². The molecule has 0 saturated heterocycles. The van der Waals surface area contributed by atoms with E-state index in [0.717, 1.165) is 36.0 Å². The third kappa shape index (κ3) is 4.68. The van der Waals surface area contributed by atoms with E-state index in [0.29, 0.717) is 4.90 Å². The molecule has 130 valence electrons. The van der Waals surface area contributed by atoms with Crippen LogP contribution in [0.5, 0.6) is 0 Å². The van der Waals surface area contributed by atoms with Crippen molar-refractivity contribution in [3.63, 3.8) is 0 Å². The van der Waals surface area contributed by atoms with Crippen molar-refractivity contribution in [1.82, 2.24) is 4.72 Å². The number of rotatable bonds is 7. The van der Waals surface area contributed by atoms with E-state index >= 15 is 0 Å². The second-order valence-corrected chi connectivity index (χ2v) is 8.16. The number of aryl methyl sites for hydroxylation is 3. The maximum Gasteiger partial charge on any atom is 0.241 e. The topological polar surface area (TPSA) is 46.2 Å². The molecule has 0 bridgehead atoms. The third-order valence-corrected chi connectivity index (χ3v) is 5.84. The number of unbranched alkanes of at least 4 members (excludes halogenated alkanes) is 1. The van der Waals surface area contributed by atoms with Gasteiger partial charge in [-0.25, -0.2) is 13.1 Å². The first-order valence-electron chi connectivity index (χ1n) is 8.52. The van der Waals surface area contributed by atoms with Crippen LogP contribution < -0.4 is 4.72 Å². The number of hydrogen-bond acceptors (Lipinski definition) is 2. The molecule has 0 aliphatic rings. The summed E-state index contributed by atoms with van der Waals surface area (Å²) in [5, 5.41) is 0. The van der Waals surface area contributed by atoms with E-state index in [4.69, 9.17) is 0 Å². The van der Waals surface area contributed by atoms with Gasteiger partial charge in [-0.05, 0) is 62.4 Å². The van der Waals surface area contributed by atoms with Crippen molar-refractivity contribution in [3.8, 4) is 0 Å². The minimum Gasteiger partial charge on any atom is -0.207 e.